The van der Waals surface area contributed by atoms with Gasteiger partial charge >= 0.3 is 0 Å². The number of anilines is 1. The fourth-order valence-electron chi connectivity index (χ4n) is 2.14. The highest BCUT2D eigenvalue weighted by Crippen LogP contribution is 2.14. The first-order chi connectivity index (χ1) is 9.72. The number of hydrogen-bond acceptors (Lipinski definition) is 5. The zero-order chi connectivity index (χ0) is 14.4. The lowest BCUT2D eigenvalue weighted by Gasteiger charge is -2.21. The average Bonchev–Trinajstić information content (AvgIpc) is 2.87. The molecule has 2 rings (SSSR count). The van der Waals surface area contributed by atoms with Gasteiger partial charge in [-0.1, -0.05) is 17.3 Å². The molecule has 5 heteroatoms. The van der Waals surface area contributed by atoms with Crippen molar-refractivity contribution in [1.29, 1.82) is 0 Å². The highest BCUT2D eigenvalue weighted by molar-refractivity contribution is 5.47. The molecule has 5 nitrogen and oxygen atoms in total. The van der Waals surface area contributed by atoms with Crippen molar-refractivity contribution in [3.05, 3.63) is 41.5 Å². The minimum Gasteiger partial charge on any atom is -0.372 e. The predicted octanol–water partition coefficient (Wildman–Crippen LogP) is 2.51. The minimum absolute atomic E-state index is 0.596. The predicted molar refractivity (Wildman–Crippen MR) is 79.6 cm³/mol. The van der Waals surface area contributed by atoms with Crippen molar-refractivity contribution < 1.29 is 4.52 Å². The number of nitrogens with zero attached hydrogens (tertiary/aromatic N) is 3. The lowest BCUT2D eigenvalue weighted by atomic mass is 10.2. The van der Waals surface area contributed by atoms with Crippen LogP contribution in [0.2, 0.25) is 0 Å². The molecule has 0 saturated carbocycles. The van der Waals surface area contributed by atoms with Gasteiger partial charge in [-0.05, 0) is 38.5 Å². The summed E-state index contributed by atoms with van der Waals surface area (Å²) in [5.74, 6) is 1.30. The summed E-state index contributed by atoms with van der Waals surface area (Å²) in [5.41, 5.74) is 2.52. The molecule has 108 valence electrons. The van der Waals surface area contributed by atoms with Gasteiger partial charge in [-0.2, -0.15) is 4.98 Å². The van der Waals surface area contributed by atoms with Crippen LogP contribution >= 0.6 is 0 Å². The molecule has 0 radical (unpaired) electrons. The molecule has 20 heavy (non-hydrogen) atoms. The Labute approximate surface area is 120 Å². The van der Waals surface area contributed by atoms with E-state index >= 15 is 0 Å². The number of aromatic nitrogens is 2. The minimum atomic E-state index is 0.596. The first kappa shape index (κ1) is 14.5. The number of benzene rings is 1. The summed E-state index contributed by atoms with van der Waals surface area (Å²) in [6, 6.07) is 8.64. The highest BCUT2D eigenvalue weighted by atomic mass is 16.5. The third-order valence-electron chi connectivity index (χ3n) is 3.24. The molecule has 0 spiro atoms. The van der Waals surface area contributed by atoms with Gasteiger partial charge in [-0.15, -0.1) is 0 Å². The molecule has 1 N–H and O–H groups in total. The average molecular weight is 274 g/mol. The summed E-state index contributed by atoms with van der Waals surface area (Å²) in [6.07, 6.45) is 0. The number of nitrogens with one attached hydrogen (secondary N) is 1. The van der Waals surface area contributed by atoms with Gasteiger partial charge in [0.25, 0.3) is 0 Å². The number of aryl methyl sites for hydroxylation is 1. The lowest BCUT2D eigenvalue weighted by Crippen LogP contribution is -2.21. The Balaban J connectivity index is 1.84. The van der Waals surface area contributed by atoms with E-state index in [1.54, 1.807) is 0 Å². The Morgan fingerprint density at radius 3 is 2.35 bits per heavy atom. The SMILES string of the molecule is CCN(CC)c1ccc(CNCc2nc(C)no2)cc1. The number of hydrogen-bond donors (Lipinski definition) is 1. The van der Waals surface area contributed by atoms with Crippen LogP contribution in [-0.2, 0) is 13.1 Å². The molecule has 1 aromatic heterocycles. The zero-order valence-corrected chi connectivity index (χ0v) is 12.4. The van der Waals surface area contributed by atoms with E-state index in [0.29, 0.717) is 18.3 Å². The summed E-state index contributed by atoms with van der Waals surface area (Å²) >= 11 is 0. The highest BCUT2D eigenvalue weighted by Gasteiger charge is 2.03. The van der Waals surface area contributed by atoms with Gasteiger partial charge < -0.3 is 14.7 Å². The van der Waals surface area contributed by atoms with E-state index in [1.807, 2.05) is 6.92 Å². The standard InChI is InChI=1S/C15H22N4O/c1-4-19(5-2)14-8-6-13(7-9-14)10-16-11-15-17-12(3)18-20-15/h6-9,16H,4-5,10-11H2,1-3H3. The monoisotopic (exact) mass is 274 g/mol. The molecule has 0 saturated heterocycles. The van der Waals surface area contributed by atoms with E-state index in [4.69, 9.17) is 4.52 Å². The van der Waals surface area contributed by atoms with E-state index < -0.39 is 0 Å². The Hall–Kier alpha value is -1.88. The van der Waals surface area contributed by atoms with E-state index in [-0.39, 0.29) is 0 Å². The zero-order valence-electron chi connectivity index (χ0n) is 12.4. The smallest absolute Gasteiger partial charge is 0.240 e. The Kier molecular flexibility index (Phi) is 5.12. The molecule has 0 aliphatic carbocycles. The van der Waals surface area contributed by atoms with E-state index in [1.165, 1.54) is 11.3 Å². The van der Waals surface area contributed by atoms with Crippen LogP contribution in [0.1, 0.15) is 31.1 Å². The lowest BCUT2D eigenvalue weighted by molar-refractivity contribution is 0.364. The summed E-state index contributed by atoms with van der Waals surface area (Å²) in [4.78, 5) is 6.49. The summed E-state index contributed by atoms with van der Waals surface area (Å²) < 4.78 is 5.05. The van der Waals surface area contributed by atoms with Crippen molar-refractivity contribution in [1.82, 2.24) is 15.5 Å². The van der Waals surface area contributed by atoms with Crippen LogP contribution in [0.4, 0.5) is 5.69 Å². The van der Waals surface area contributed by atoms with Gasteiger partial charge in [0.15, 0.2) is 5.82 Å². The van der Waals surface area contributed by atoms with Crippen LogP contribution in [0.25, 0.3) is 0 Å². The van der Waals surface area contributed by atoms with E-state index in [0.717, 1.165) is 19.6 Å². The van der Waals surface area contributed by atoms with E-state index in [9.17, 15) is 0 Å². The van der Waals surface area contributed by atoms with Gasteiger partial charge in [0.2, 0.25) is 5.89 Å². The fourth-order valence-corrected chi connectivity index (χ4v) is 2.14. The third kappa shape index (κ3) is 3.81. The van der Waals surface area contributed by atoms with Crippen LogP contribution in [-0.4, -0.2) is 23.2 Å². The topological polar surface area (TPSA) is 54.2 Å². The molecule has 0 atom stereocenters. The van der Waals surface area contributed by atoms with Crippen molar-refractivity contribution in [2.75, 3.05) is 18.0 Å². The van der Waals surface area contributed by atoms with Crippen molar-refractivity contribution in [3.63, 3.8) is 0 Å². The maximum Gasteiger partial charge on any atom is 0.240 e. The van der Waals surface area contributed by atoms with Crippen molar-refractivity contribution in [2.24, 2.45) is 0 Å². The maximum absolute atomic E-state index is 5.05. The molecule has 1 aromatic carbocycles. The second-order valence-corrected chi connectivity index (χ2v) is 4.68. The fraction of sp³-hybridized carbons (Fsp3) is 0.467. The summed E-state index contributed by atoms with van der Waals surface area (Å²) in [6.45, 7) is 9.61. The molecule has 0 unspecified atom stereocenters. The second-order valence-electron chi connectivity index (χ2n) is 4.68. The Morgan fingerprint density at radius 1 is 1.10 bits per heavy atom. The van der Waals surface area contributed by atoms with Gasteiger partial charge in [-0.3, -0.25) is 0 Å². The molecule has 0 bridgehead atoms. The normalized spacial score (nSPS) is 10.8. The first-order valence-electron chi connectivity index (χ1n) is 7.06. The first-order valence-corrected chi connectivity index (χ1v) is 7.06. The van der Waals surface area contributed by atoms with Crippen LogP contribution in [0.3, 0.4) is 0 Å². The van der Waals surface area contributed by atoms with Gasteiger partial charge in [-0.25, -0.2) is 0 Å². The van der Waals surface area contributed by atoms with Crippen molar-refractivity contribution in [2.45, 2.75) is 33.9 Å². The van der Waals surface area contributed by atoms with E-state index in [2.05, 4.69) is 58.5 Å². The maximum atomic E-state index is 5.05. The molecule has 0 fully saturated rings. The molecular formula is C15H22N4O. The van der Waals surface area contributed by atoms with Gasteiger partial charge in [0.1, 0.15) is 0 Å². The molecule has 1 heterocycles. The summed E-state index contributed by atoms with van der Waals surface area (Å²) in [5, 5.41) is 7.06. The van der Waals surface area contributed by atoms with Gasteiger partial charge in [0.05, 0.1) is 6.54 Å². The largest absolute Gasteiger partial charge is 0.372 e. The third-order valence-corrected chi connectivity index (χ3v) is 3.24. The molecular weight excluding hydrogens is 252 g/mol. The quantitative estimate of drug-likeness (QED) is 0.840. The van der Waals surface area contributed by atoms with Crippen molar-refractivity contribution >= 4 is 5.69 Å². The molecule has 0 amide bonds. The number of rotatable bonds is 7. The van der Waals surface area contributed by atoms with Crippen LogP contribution in [0, 0.1) is 6.92 Å². The van der Waals surface area contributed by atoms with Crippen molar-refractivity contribution in [3.8, 4) is 0 Å². The van der Waals surface area contributed by atoms with Gasteiger partial charge in [0, 0.05) is 25.3 Å². The van der Waals surface area contributed by atoms with Crippen LogP contribution in [0.5, 0.6) is 0 Å². The Bertz CT molecular complexity index is 517. The second kappa shape index (κ2) is 7.05. The Morgan fingerprint density at radius 2 is 1.80 bits per heavy atom. The van der Waals surface area contributed by atoms with Crippen LogP contribution in [0.15, 0.2) is 28.8 Å². The summed E-state index contributed by atoms with van der Waals surface area (Å²) in [7, 11) is 0. The molecule has 2 aromatic rings. The molecule has 0 aliphatic heterocycles. The molecule has 0 aliphatic rings. The van der Waals surface area contributed by atoms with Crippen LogP contribution < -0.4 is 10.2 Å².